The number of ketones is 2. The standard InChI is InChI=1S/C39H56N4O8/c1-37(2,3)49-34(46)31(43(35(47)50-38(4,5)6)36(48)51-39(7,8)9)21-16-24-42(25-22-40-27-32(44)29-17-12-10-13-18-29)26-23-41-28-33(45)30-19-14-11-15-20-30/h10-15,17-20,27,31,41H,16,21-26,28H2,1-9H3. The Morgan fingerprint density at radius 3 is 1.73 bits per heavy atom. The van der Waals surface area contributed by atoms with Gasteiger partial charge in [-0.1, -0.05) is 60.7 Å². The molecule has 0 aliphatic carbocycles. The van der Waals surface area contributed by atoms with E-state index in [2.05, 4.69) is 15.2 Å². The molecule has 280 valence electrons. The van der Waals surface area contributed by atoms with E-state index < -0.39 is 41.0 Å². The highest BCUT2D eigenvalue weighted by atomic mass is 16.6. The van der Waals surface area contributed by atoms with E-state index in [0.29, 0.717) is 55.2 Å². The van der Waals surface area contributed by atoms with Crippen molar-refractivity contribution >= 4 is 35.9 Å². The Morgan fingerprint density at radius 1 is 0.706 bits per heavy atom. The van der Waals surface area contributed by atoms with Crippen LogP contribution in [0.4, 0.5) is 9.59 Å². The second-order valence-electron chi connectivity index (χ2n) is 15.1. The van der Waals surface area contributed by atoms with Crippen LogP contribution in [0.15, 0.2) is 65.7 Å². The summed E-state index contributed by atoms with van der Waals surface area (Å²) in [6, 6.07) is 16.5. The van der Waals surface area contributed by atoms with Crippen molar-refractivity contribution < 1.29 is 38.2 Å². The van der Waals surface area contributed by atoms with Gasteiger partial charge in [0.2, 0.25) is 5.78 Å². The Kier molecular flexibility index (Phi) is 16.6. The van der Waals surface area contributed by atoms with Gasteiger partial charge in [-0.15, -0.1) is 0 Å². The van der Waals surface area contributed by atoms with Crippen LogP contribution in [0, 0.1) is 0 Å². The molecule has 0 heterocycles. The normalized spacial score (nSPS) is 12.7. The van der Waals surface area contributed by atoms with Crippen molar-refractivity contribution in [3.8, 4) is 0 Å². The number of hydrogen-bond acceptors (Lipinski definition) is 11. The fraction of sp³-hybridized carbons (Fsp3) is 0.538. The second-order valence-corrected chi connectivity index (χ2v) is 15.1. The summed E-state index contributed by atoms with van der Waals surface area (Å²) in [5, 5.41) is 3.19. The summed E-state index contributed by atoms with van der Waals surface area (Å²) in [5.74, 6) is -1.00. The molecule has 2 amide bonds. The van der Waals surface area contributed by atoms with E-state index in [0.717, 1.165) is 0 Å². The molecule has 1 atom stereocenters. The van der Waals surface area contributed by atoms with E-state index in [9.17, 15) is 24.0 Å². The number of nitrogens with zero attached hydrogens (tertiary/aromatic N) is 3. The highest BCUT2D eigenvalue weighted by molar-refractivity contribution is 6.35. The number of amides is 2. The topological polar surface area (TPSA) is 144 Å². The third kappa shape index (κ3) is 17.4. The summed E-state index contributed by atoms with van der Waals surface area (Å²) < 4.78 is 16.8. The quantitative estimate of drug-likeness (QED) is 0.0647. The third-order valence-electron chi connectivity index (χ3n) is 6.92. The van der Waals surface area contributed by atoms with Gasteiger partial charge in [0.25, 0.3) is 0 Å². The Morgan fingerprint density at radius 2 is 1.22 bits per heavy atom. The summed E-state index contributed by atoms with van der Waals surface area (Å²) in [6.45, 7) is 17.4. The third-order valence-corrected chi connectivity index (χ3v) is 6.92. The molecule has 1 N–H and O–H groups in total. The highest BCUT2D eigenvalue weighted by Gasteiger charge is 2.42. The number of imide groups is 1. The maximum atomic E-state index is 13.6. The van der Waals surface area contributed by atoms with Crippen molar-refractivity contribution in [2.45, 2.75) is 98.0 Å². The molecule has 0 aromatic heterocycles. The van der Waals surface area contributed by atoms with E-state index in [1.54, 1.807) is 98.7 Å². The van der Waals surface area contributed by atoms with E-state index in [1.807, 2.05) is 24.3 Å². The number of nitrogens with one attached hydrogen (secondary N) is 1. The lowest BCUT2D eigenvalue weighted by atomic mass is 10.1. The molecule has 2 rings (SSSR count). The van der Waals surface area contributed by atoms with Gasteiger partial charge in [-0.2, -0.15) is 4.90 Å². The SMILES string of the molecule is CC(C)(C)OC(=O)C(CCCN(CCN=CC(=O)c1ccccc1)CCNCC(=O)c1ccccc1)N(C(=O)OC(C)(C)C)C(=O)OC(C)(C)C. The molecule has 0 fully saturated rings. The molecule has 0 spiro atoms. The van der Waals surface area contributed by atoms with Crippen LogP contribution in [0.2, 0.25) is 0 Å². The summed E-state index contributed by atoms with van der Waals surface area (Å²) >= 11 is 0. The average molecular weight is 709 g/mol. The van der Waals surface area contributed by atoms with Gasteiger partial charge in [0.05, 0.1) is 19.3 Å². The number of carbonyl (C=O) groups excluding carboxylic acids is 5. The molecule has 2 aromatic carbocycles. The first kappa shape index (κ1) is 42.7. The fourth-order valence-electron chi connectivity index (χ4n) is 4.71. The molecule has 0 bridgehead atoms. The minimum Gasteiger partial charge on any atom is -0.458 e. The van der Waals surface area contributed by atoms with E-state index in [1.165, 1.54) is 6.21 Å². The molecule has 0 aliphatic heterocycles. The number of Topliss-reactive ketones (excluding diaryl/α,β-unsaturated/α-hetero) is 2. The number of ether oxygens (including phenoxy) is 3. The molecular formula is C39H56N4O8. The molecule has 12 nitrogen and oxygen atoms in total. The molecule has 0 radical (unpaired) electrons. The lowest BCUT2D eigenvalue weighted by Gasteiger charge is -2.34. The first-order chi connectivity index (χ1) is 23.8. The van der Waals surface area contributed by atoms with Crippen molar-refractivity contribution in [3.63, 3.8) is 0 Å². The predicted molar refractivity (Wildman–Crippen MR) is 197 cm³/mol. The van der Waals surface area contributed by atoms with Gasteiger partial charge < -0.3 is 24.4 Å². The van der Waals surface area contributed by atoms with Gasteiger partial charge >= 0.3 is 18.2 Å². The molecule has 1 unspecified atom stereocenters. The zero-order chi connectivity index (χ0) is 38.2. The first-order valence-electron chi connectivity index (χ1n) is 17.3. The van der Waals surface area contributed by atoms with E-state index in [-0.39, 0.29) is 24.5 Å². The second kappa shape index (κ2) is 19.8. The van der Waals surface area contributed by atoms with Gasteiger partial charge in [-0.05, 0) is 81.7 Å². The van der Waals surface area contributed by atoms with Crippen LogP contribution in [0.5, 0.6) is 0 Å². The Balaban J connectivity index is 2.23. The van der Waals surface area contributed by atoms with Crippen LogP contribution in [0.3, 0.4) is 0 Å². The number of aliphatic imine (C=N–C) groups is 1. The zero-order valence-corrected chi connectivity index (χ0v) is 31.7. The Hall–Kier alpha value is -4.42. The van der Waals surface area contributed by atoms with Crippen molar-refractivity contribution in [3.05, 3.63) is 71.8 Å². The summed E-state index contributed by atoms with van der Waals surface area (Å²) in [7, 11) is 0. The van der Waals surface area contributed by atoms with Gasteiger partial charge in [0, 0.05) is 30.8 Å². The number of carbonyl (C=O) groups is 5. The van der Waals surface area contributed by atoms with Crippen LogP contribution >= 0.6 is 0 Å². The maximum Gasteiger partial charge on any atom is 0.420 e. The smallest absolute Gasteiger partial charge is 0.420 e. The number of hydrogen-bond donors (Lipinski definition) is 1. The van der Waals surface area contributed by atoms with Crippen molar-refractivity contribution in [1.29, 1.82) is 0 Å². The van der Waals surface area contributed by atoms with Crippen LogP contribution in [0.25, 0.3) is 0 Å². The minimum atomic E-state index is -1.33. The Bertz CT molecular complexity index is 1430. The van der Waals surface area contributed by atoms with Crippen LogP contribution in [-0.4, -0.2) is 108 Å². The molecule has 0 saturated heterocycles. The Labute approximate surface area is 302 Å². The van der Waals surface area contributed by atoms with Crippen LogP contribution in [-0.2, 0) is 19.0 Å². The zero-order valence-electron chi connectivity index (χ0n) is 31.7. The van der Waals surface area contributed by atoms with Gasteiger partial charge in [-0.25, -0.2) is 14.4 Å². The molecule has 0 saturated carbocycles. The number of esters is 1. The fourth-order valence-corrected chi connectivity index (χ4v) is 4.71. The average Bonchev–Trinajstić information content (AvgIpc) is 3.02. The highest BCUT2D eigenvalue weighted by Crippen LogP contribution is 2.22. The van der Waals surface area contributed by atoms with Crippen molar-refractivity contribution in [1.82, 2.24) is 15.1 Å². The summed E-state index contributed by atoms with van der Waals surface area (Å²) in [4.78, 5) is 72.8. The lowest BCUT2D eigenvalue weighted by Crippen LogP contribution is -2.53. The van der Waals surface area contributed by atoms with Crippen LogP contribution < -0.4 is 5.32 Å². The van der Waals surface area contributed by atoms with E-state index >= 15 is 0 Å². The molecule has 51 heavy (non-hydrogen) atoms. The predicted octanol–water partition coefficient (Wildman–Crippen LogP) is 6.38. The first-order valence-corrected chi connectivity index (χ1v) is 17.3. The molecule has 2 aromatic rings. The van der Waals surface area contributed by atoms with Gasteiger partial charge in [0.15, 0.2) is 5.78 Å². The van der Waals surface area contributed by atoms with Crippen molar-refractivity contribution in [2.75, 3.05) is 39.3 Å². The molecular weight excluding hydrogens is 652 g/mol. The summed E-state index contributed by atoms with van der Waals surface area (Å²) in [6.07, 6.45) is -0.313. The maximum absolute atomic E-state index is 13.6. The number of rotatable bonds is 17. The monoisotopic (exact) mass is 708 g/mol. The largest absolute Gasteiger partial charge is 0.458 e. The number of benzene rings is 2. The van der Waals surface area contributed by atoms with E-state index in [4.69, 9.17) is 14.2 Å². The van der Waals surface area contributed by atoms with Crippen molar-refractivity contribution in [2.24, 2.45) is 4.99 Å². The minimum absolute atomic E-state index is 0.0317. The van der Waals surface area contributed by atoms with Crippen LogP contribution in [0.1, 0.15) is 95.9 Å². The molecule has 12 heteroatoms. The lowest BCUT2D eigenvalue weighted by molar-refractivity contribution is -0.161. The molecule has 0 aliphatic rings. The summed E-state index contributed by atoms with van der Waals surface area (Å²) in [5.41, 5.74) is -1.65. The van der Waals surface area contributed by atoms with Gasteiger partial charge in [0.1, 0.15) is 22.8 Å². The van der Waals surface area contributed by atoms with Gasteiger partial charge in [-0.3, -0.25) is 14.6 Å².